The van der Waals surface area contributed by atoms with Crippen LogP contribution in [0.5, 0.6) is 0 Å². The largest absolute Gasteiger partial charge is 0.371 e. The van der Waals surface area contributed by atoms with Crippen LogP contribution in [0.4, 0.5) is 5.69 Å². The number of hydrogen-bond acceptors (Lipinski definition) is 2. The Morgan fingerprint density at radius 2 is 2.00 bits per heavy atom. The van der Waals surface area contributed by atoms with E-state index in [1.165, 1.54) is 18.4 Å². The molecule has 1 rings (SSSR count). The average Bonchev–Trinajstić information content (AvgIpc) is 2.28. The van der Waals surface area contributed by atoms with Gasteiger partial charge >= 0.3 is 0 Å². The Morgan fingerprint density at radius 3 is 2.50 bits per heavy atom. The zero-order valence-corrected chi connectivity index (χ0v) is 12.7. The molecule has 0 heterocycles. The Morgan fingerprint density at radius 1 is 1.33 bits per heavy atom. The van der Waals surface area contributed by atoms with E-state index in [0.717, 1.165) is 17.1 Å². The second-order valence-corrected chi connectivity index (χ2v) is 5.62. The molecular formula is C15H25ClN2. The van der Waals surface area contributed by atoms with E-state index in [1.807, 2.05) is 13.0 Å². The van der Waals surface area contributed by atoms with E-state index < -0.39 is 0 Å². The van der Waals surface area contributed by atoms with Gasteiger partial charge in [-0.25, -0.2) is 0 Å². The second kappa shape index (κ2) is 7.01. The first kappa shape index (κ1) is 15.3. The van der Waals surface area contributed by atoms with E-state index in [0.29, 0.717) is 6.04 Å². The lowest BCUT2D eigenvalue weighted by molar-refractivity contribution is 0.616. The molecule has 0 radical (unpaired) electrons. The van der Waals surface area contributed by atoms with Crippen LogP contribution in [0.2, 0.25) is 5.02 Å². The van der Waals surface area contributed by atoms with Gasteiger partial charge in [0.05, 0.1) is 10.7 Å². The highest BCUT2D eigenvalue weighted by Crippen LogP contribution is 2.28. The lowest BCUT2D eigenvalue weighted by Gasteiger charge is -2.28. The highest BCUT2D eigenvalue weighted by Gasteiger charge is 2.12. The van der Waals surface area contributed by atoms with Crippen LogP contribution in [-0.2, 0) is 6.42 Å². The molecule has 0 amide bonds. The van der Waals surface area contributed by atoms with E-state index in [1.54, 1.807) is 0 Å². The van der Waals surface area contributed by atoms with Crippen LogP contribution in [0, 0.1) is 0 Å². The molecule has 2 atom stereocenters. The predicted octanol–water partition coefficient (Wildman–Crippen LogP) is 3.85. The molecule has 2 nitrogen and oxygen atoms in total. The molecule has 0 aliphatic rings. The number of hydrogen-bond donors (Lipinski definition) is 1. The monoisotopic (exact) mass is 268 g/mol. The highest BCUT2D eigenvalue weighted by molar-refractivity contribution is 6.33. The molecule has 0 fully saturated rings. The smallest absolute Gasteiger partial charge is 0.0642 e. The van der Waals surface area contributed by atoms with Crippen molar-refractivity contribution in [3.8, 4) is 0 Å². The van der Waals surface area contributed by atoms with Crippen LogP contribution in [0.25, 0.3) is 0 Å². The molecule has 0 aliphatic carbocycles. The van der Waals surface area contributed by atoms with Gasteiger partial charge in [-0.3, -0.25) is 0 Å². The van der Waals surface area contributed by atoms with Crippen molar-refractivity contribution in [1.29, 1.82) is 0 Å². The number of nitrogens with two attached hydrogens (primary N) is 1. The van der Waals surface area contributed by atoms with Crippen LogP contribution < -0.4 is 10.6 Å². The van der Waals surface area contributed by atoms with Crippen LogP contribution in [0.15, 0.2) is 18.2 Å². The number of nitrogens with zero attached hydrogens (tertiary/aromatic N) is 1. The second-order valence-electron chi connectivity index (χ2n) is 5.22. The van der Waals surface area contributed by atoms with Crippen LogP contribution in [0.1, 0.15) is 39.2 Å². The Kier molecular flexibility index (Phi) is 5.97. The molecule has 0 aliphatic heterocycles. The third-order valence-corrected chi connectivity index (χ3v) is 3.62. The van der Waals surface area contributed by atoms with E-state index in [4.69, 9.17) is 17.3 Å². The van der Waals surface area contributed by atoms with E-state index in [9.17, 15) is 0 Å². The van der Waals surface area contributed by atoms with Crippen LogP contribution in [-0.4, -0.2) is 19.1 Å². The van der Waals surface area contributed by atoms with Gasteiger partial charge in [0, 0.05) is 19.1 Å². The van der Waals surface area contributed by atoms with Crippen molar-refractivity contribution in [2.24, 2.45) is 5.73 Å². The van der Waals surface area contributed by atoms with Crippen molar-refractivity contribution in [3.63, 3.8) is 0 Å². The van der Waals surface area contributed by atoms with Crippen molar-refractivity contribution >= 4 is 17.3 Å². The van der Waals surface area contributed by atoms with Crippen molar-refractivity contribution in [2.45, 2.75) is 52.1 Å². The van der Waals surface area contributed by atoms with Gasteiger partial charge in [0.1, 0.15) is 0 Å². The molecule has 18 heavy (non-hydrogen) atoms. The van der Waals surface area contributed by atoms with Gasteiger partial charge in [0.25, 0.3) is 0 Å². The average molecular weight is 269 g/mol. The minimum atomic E-state index is 0.170. The van der Waals surface area contributed by atoms with Crippen molar-refractivity contribution in [2.75, 3.05) is 11.9 Å². The minimum Gasteiger partial charge on any atom is -0.371 e. The summed E-state index contributed by atoms with van der Waals surface area (Å²) >= 11 is 6.37. The van der Waals surface area contributed by atoms with Crippen molar-refractivity contribution in [1.82, 2.24) is 0 Å². The normalized spacial score (nSPS) is 14.3. The summed E-state index contributed by atoms with van der Waals surface area (Å²) in [5.74, 6) is 0. The SMILES string of the molecule is CCCC(C)N(C)c1ccc(CC(C)N)cc1Cl. The van der Waals surface area contributed by atoms with Crippen LogP contribution >= 0.6 is 11.6 Å². The van der Waals surface area contributed by atoms with Gasteiger partial charge in [0.15, 0.2) is 0 Å². The van der Waals surface area contributed by atoms with E-state index in [-0.39, 0.29) is 6.04 Å². The third-order valence-electron chi connectivity index (χ3n) is 3.32. The maximum Gasteiger partial charge on any atom is 0.0642 e. The standard InChI is InChI=1S/C15H25ClN2/c1-5-6-12(3)18(4)15-8-7-13(9-11(2)17)10-14(15)16/h7-8,10-12H,5-6,9,17H2,1-4H3. The van der Waals surface area contributed by atoms with Gasteiger partial charge < -0.3 is 10.6 Å². The molecule has 2 N–H and O–H groups in total. The summed E-state index contributed by atoms with van der Waals surface area (Å²) in [4.78, 5) is 2.25. The summed E-state index contributed by atoms with van der Waals surface area (Å²) < 4.78 is 0. The van der Waals surface area contributed by atoms with Gasteiger partial charge in [-0.15, -0.1) is 0 Å². The summed E-state index contributed by atoms with van der Waals surface area (Å²) in [6.07, 6.45) is 3.23. The molecule has 0 saturated carbocycles. The van der Waals surface area contributed by atoms with E-state index >= 15 is 0 Å². The number of rotatable bonds is 6. The summed E-state index contributed by atoms with van der Waals surface area (Å²) in [6, 6.07) is 6.94. The topological polar surface area (TPSA) is 29.3 Å². The molecule has 102 valence electrons. The molecule has 1 aromatic rings. The van der Waals surface area contributed by atoms with Gasteiger partial charge in [-0.2, -0.15) is 0 Å². The summed E-state index contributed by atoms with van der Waals surface area (Å²) in [5.41, 5.74) is 8.11. The molecule has 0 saturated heterocycles. The molecule has 0 aromatic heterocycles. The number of halogens is 1. The van der Waals surface area contributed by atoms with Gasteiger partial charge in [0.2, 0.25) is 0 Å². The quantitative estimate of drug-likeness (QED) is 0.849. The Balaban J connectivity index is 2.84. The van der Waals surface area contributed by atoms with Gasteiger partial charge in [-0.05, 0) is 44.4 Å². The molecule has 1 aromatic carbocycles. The number of benzene rings is 1. The maximum atomic E-state index is 6.37. The van der Waals surface area contributed by atoms with Gasteiger partial charge in [-0.1, -0.05) is 31.0 Å². The lowest BCUT2D eigenvalue weighted by atomic mass is 10.1. The Hall–Kier alpha value is -0.730. The zero-order valence-electron chi connectivity index (χ0n) is 11.9. The fourth-order valence-corrected chi connectivity index (χ4v) is 2.52. The first-order chi connectivity index (χ1) is 8.45. The molecule has 0 bridgehead atoms. The predicted molar refractivity (Wildman–Crippen MR) is 81.6 cm³/mol. The molecule has 2 unspecified atom stereocenters. The Bertz CT molecular complexity index is 377. The Labute approximate surface area is 116 Å². The highest BCUT2D eigenvalue weighted by atomic mass is 35.5. The molecular weight excluding hydrogens is 244 g/mol. The maximum absolute atomic E-state index is 6.37. The fraction of sp³-hybridized carbons (Fsp3) is 0.600. The zero-order chi connectivity index (χ0) is 13.7. The minimum absolute atomic E-state index is 0.170. The summed E-state index contributed by atoms with van der Waals surface area (Å²) in [7, 11) is 2.10. The third kappa shape index (κ3) is 4.18. The van der Waals surface area contributed by atoms with Crippen molar-refractivity contribution < 1.29 is 0 Å². The summed E-state index contributed by atoms with van der Waals surface area (Å²) in [6.45, 7) is 6.45. The molecule has 0 spiro atoms. The van der Waals surface area contributed by atoms with E-state index in [2.05, 4.69) is 37.9 Å². The first-order valence-corrected chi connectivity index (χ1v) is 7.10. The number of anilines is 1. The van der Waals surface area contributed by atoms with Crippen LogP contribution in [0.3, 0.4) is 0 Å². The fourth-order valence-electron chi connectivity index (χ4n) is 2.18. The van der Waals surface area contributed by atoms with Crippen molar-refractivity contribution in [3.05, 3.63) is 28.8 Å². The first-order valence-electron chi connectivity index (χ1n) is 6.72. The lowest BCUT2D eigenvalue weighted by Crippen LogP contribution is -2.28. The molecule has 3 heteroatoms. The summed E-state index contributed by atoms with van der Waals surface area (Å²) in [5, 5.41) is 0.818.